The third-order valence-electron chi connectivity index (χ3n) is 4.26. The Morgan fingerprint density at radius 1 is 1.50 bits per heavy atom. The van der Waals surface area contributed by atoms with Crippen LogP contribution in [0.2, 0.25) is 0 Å². The Kier molecular flexibility index (Phi) is 4.62. The maximum absolute atomic E-state index is 11.9. The maximum Gasteiger partial charge on any atom is 0.220 e. The summed E-state index contributed by atoms with van der Waals surface area (Å²) in [5, 5.41) is 3.11. The monoisotopic (exact) mass is 254 g/mol. The highest BCUT2D eigenvalue weighted by atomic mass is 16.5. The van der Waals surface area contributed by atoms with Crippen molar-refractivity contribution >= 4 is 5.91 Å². The fraction of sp³-hybridized carbons (Fsp3) is 0.929. The first-order valence-electron chi connectivity index (χ1n) is 7.22. The predicted molar refractivity (Wildman–Crippen MR) is 71.2 cm³/mol. The molecular weight excluding hydrogens is 228 g/mol. The Balaban J connectivity index is 1.68. The lowest BCUT2D eigenvalue weighted by Crippen LogP contribution is -2.46. The van der Waals surface area contributed by atoms with E-state index in [2.05, 4.69) is 12.2 Å². The number of hydrogen-bond acceptors (Lipinski definition) is 3. The summed E-state index contributed by atoms with van der Waals surface area (Å²) in [5.41, 5.74) is 5.83. The first kappa shape index (κ1) is 13.8. The van der Waals surface area contributed by atoms with Gasteiger partial charge in [0.2, 0.25) is 5.91 Å². The number of ether oxygens (including phenoxy) is 1. The smallest absolute Gasteiger partial charge is 0.220 e. The number of carbonyl (C=O) groups is 1. The van der Waals surface area contributed by atoms with E-state index in [9.17, 15) is 4.79 Å². The average Bonchev–Trinajstić information content (AvgIpc) is 2.73. The van der Waals surface area contributed by atoms with Gasteiger partial charge in [-0.2, -0.15) is 0 Å². The van der Waals surface area contributed by atoms with Crippen LogP contribution in [0.25, 0.3) is 0 Å². The van der Waals surface area contributed by atoms with Crippen LogP contribution in [0.4, 0.5) is 0 Å². The Hall–Kier alpha value is -0.610. The SMILES string of the molecule is CC1(NC(=O)CCC2CCCC(N)C2)CCOC1. The van der Waals surface area contributed by atoms with Gasteiger partial charge in [0, 0.05) is 19.1 Å². The summed E-state index contributed by atoms with van der Waals surface area (Å²) in [5.74, 6) is 0.814. The van der Waals surface area contributed by atoms with Gasteiger partial charge in [-0.1, -0.05) is 12.8 Å². The minimum Gasteiger partial charge on any atom is -0.379 e. The lowest BCUT2D eigenvalue weighted by molar-refractivity contribution is -0.123. The number of amides is 1. The molecule has 1 heterocycles. The molecule has 2 rings (SSSR count). The van der Waals surface area contributed by atoms with E-state index in [-0.39, 0.29) is 11.4 Å². The van der Waals surface area contributed by atoms with E-state index in [0.717, 1.165) is 32.3 Å². The molecule has 3 atom stereocenters. The zero-order valence-electron chi connectivity index (χ0n) is 11.4. The summed E-state index contributed by atoms with van der Waals surface area (Å²) in [6.07, 6.45) is 7.24. The minimum absolute atomic E-state index is 0.139. The van der Waals surface area contributed by atoms with Crippen LogP contribution in [0.3, 0.4) is 0 Å². The van der Waals surface area contributed by atoms with Gasteiger partial charge >= 0.3 is 0 Å². The van der Waals surface area contributed by atoms with Crippen molar-refractivity contribution in [2.75, 3.05) is 13.2 Å². The van der Waals surface area contributed by atoms with Crippen LogP contribution in [-0.2, 0) is 9.53 Å². The van der Waals surface area contributed by atoms with E-state index in [4.69, 9.17) is 10.5 Å². The summed E-state index contributed by atoms with van der Waals surface area (Å²) in [4.78, 5) is 11.9. The van der Waals surface area contributed by atoms with Crippen molar-refractivity contribution in [3.63, 3.8) is 0 Å². The third-order valence-corrected chi connectivity index (χ3v) is 4.26. The van der Waals surface area contributed by atoms with E-state index < -0.39 is 0 Å². The molecular formula is C14H26N2O2. The van der Waals surface area contributed by atoms with Crippen LogP contribution in [0.1, 0.15) is 51.9 Å². The number of carbonyl (C=O) groups excluding carboxylic acids is 1. The molecule has 1 aliphatic heterocycles. The molecule has 0 aromatic carbocycles. The topological polar surface area (TPSA) is 64.4 Å². The van der Waals surface area contributed by atoms with Crippen LogP contribution >= 0.6 is 0 Å². The van der Waals surface area contributed by atoms with Crippen molar-refractivity contribution in [2.24, 2.45) is 11.7 Å². The van der Waals surface area contributed by atoms with E-state index >= 15 is 0 Å². The number of rotatable bonds is 4. The Morgan fingerprint density at radius 3 is 3.00 bits per heavy atom. The van der Waals surface area contributed by atoms with Gasteiger partial charge in [0.05, 0.1) is 12.1 Å². The molecule has 1 amide bonds. The van der Waals surface area contributed by atoms with E-state index in [1.165, 1.54) is 12.8 Å². The minimum atomic E-state index is -0.139. The second-order valence-corrected chi connectivity index (χ2v) is 6.24. The van der Waals surface area contributed by atoms with E-state index in [0.29, 0.717) is 25.0 Å². The summed E-state index contributed by atoms with van der Waals surface area (Å²) < 4.78 is 5.34. The van der Waals surface area contributed by atoms with Crippen molar-refractivity contribution in [3.05, 3.63) is 0 Å². The summed E-state index contributed by atoms with van der Waals surface area (Å²) >= 11 is 0. The number of nitrogens with one attached hydrogen (secondary N) is 1. The van der Waals surface area contributed by atoms with Crippen LogP contribution in [-0.4, -0.2) is 30.7 Å². The number of nitrogens with two attached hydrogens (primary N) is 1. The van der Waals surface area contributed by atoms with E-state index in [1.54, 1.807) is 0 Å². The van der Waals surface area contributed by atoms with Crippen molar-refractivity contribution in [2.45, 2.75) is 63.5 Å². The molecule has 2 fully saturated rings. The first-order valence-corrected chi connectivity index (χ1v) is 7.22. The Bertz CT molecular complexity index is 288. The highest BCUT2D eigenvalue weighted by Crippen LogP contribution is 2.27. The molecule has 4 nitrogen and oxygen atoms in total. The fourth-order valence-corrected chi connectivity index (χ4v) is 3.09. The largest absolute Gasteiger partial charge is 0.379 e. The maximum atomic E-state index is 11.9. The standard InChI is InChI=1S/C14H26N2O2/c1-14(7-8-18-10-14)16-13(17)6-5-11-3-2-4-12(15)9-11/h11-12H,2-10,15H2,1H3,(H,16,17). The fourth-order valence-electron chi connectivity index (χ4n) is 3.09. The van der Waals surface area contributed by atoms with Gasteiger partial charge in [0.15, 0.2) is 0 Å². The Morgan fingerprint density at radius 2 is 2.33 bits per heavy atom. The molecule has 4 heteroatoms. The van der Waals surface area contributed by atoms with Crippen LogP contribution in [0.5, 0.6) is 0 Å². The molecule has 1 saturated heterocycles. The third kappa shape index (κ3) is 3.95. The van der Waals surface area contributed by atoms with Gasteiger partial charge in [0.1, 0.15) is 0 Å². The normalized spacial score (nSPS) is 36.6. The lowest BCUT2D eigenvalue weighted by atomic mass is 9.83. The van der Waals surface area contributed by atoms with Gasteiger partial charge in [-0.25, -0.2) is 0 Å². The first-order chi connectivity index (χ1) is 8.57. The average molecular weight is 254 g/mol. The Labute approximate surface area is 110 Å². The van der Waals surface area contributed by atoms with E-state index in [1.807, 2.05) is 0 Å². The molecule has 0 aromatic rings. The molecule has 0 radical (unpaired) electrons. The second-order valence-electron chi connectivity index (χ2n) is 6.24. The molecule has 1 aliphatic carbocycles. The molecule has 104 valence electrons. The van der Waals surface area contributed by atoms with Gasteiger partial charge in [0.25, 0.3) is 0 Å². The second kappa shape index (κ2) is 6.02. The van der Waals surface area contributed by atoms with Gasteiger partial charge in [-0.05, 0) is 38.5 Å². The molecule has 2 aliphatic rings. The predicted octanol–water partition coefficient (Wildman–Crippen LogP) is 1.58. The quantitative estimate of drug-likeness (QED) is 0.800. The van der Waals surface area contributed by atoms with Gasteiger partial charge < -0.3 is 15.8 Å². The molecule has 18 heavy (non-hydrogen) atoms. The van der Waals surface area contributed by atoms with Gasteiger partial charge in [-0.15, -0.1) is 0 Å². The summed E-state index contributed by atoms with van der Waals surface area (Å²) in [6.45, 7) is 3.47. The molecule has 0 spiro atoms. The zero-order valence-corrected chi connectivity index (χ0v) is 11.4. The van der Waals surface area contributed by atoms with Crippen LogP contribution in [0, 0.1) is 5.92 Å². The van der Waals surface area contributed by atoms with Crippen LogP contribution < -0.4 is 11.1 Å². The van der Waals surface area contributed by atoms with Crippen molar-refractivity contribution in [1.82, 2.24) is 5.32 Å². The van der Waals surface area contributed by atoms with Gasteiger partial charge in [-0.3, -0.25) is 4.79 Å². The van der Waals surface area contributed by atoms with Crippen molar-refractivity contribution < 1.29 is 9.53 Å². The highest BCUT2D eigenvalue weighted by molar-refractivity contribution is 5.76. The summed E-state index contributed by atoms with van der Waals surface area (Å²) in [7, 11) is 0. The molecule has 3 N–H and O–H groups in total. The lowest BCUT2D eigenvalue weighted by Gasteiger charge is -2.27. The molecule has 0 aromatic heterocycles. The molecule has 0 bridgehead atoms. The van der Waals surface area contributed by atoms with Crippen molar-refractivity contribution in [1.29, 1.82) is 0 Å². The highest BCUT2D eigenvalue weighted by Gasteiger charge is 2.31. The number of hydrogen-bond donors (Lipinski definition) is 2. The summed E-state index contributed by atoms with van der Waals surface area (Å²) in [6, 6.07) is 0.354. The van der Waals surface area contributed by atoms with Crippen LogP contribution in [0.15, 0.2) is 0 Å². The zero-order chi connectivity index (χ0) is 13.0. The molecule has 1 saturated carbocycles. The van der Waals surface area contributed by atoms with Crippen molar-refractivity contribution in [3.8, 4) is 0 Å². The molecule has 3 unspecified atom stereocenters.